The molecule has 0 aliphatic rings. The minimum atomic E-state index is -0.390. The van der Waals surface area contributed by atoms with Crippen molar-refractivity contribution in [3.8, 4) is 5.75 Å². The molecule has 0 unspecified atom stereocenters. The van der Waals surface area contributed by atoms with E-state index in [1.54, 1.807) is 16.9 Å². The van der Waals surface area contributed by atoms with Gasteiger partial charge in [0, 0.05) is 20.4 Å². The van der Waals surface area contributed by atoms with Gasteiger partial charge in [0.2, 0.25) is 0 Å². The standard InChI is InChI=1S/C19H13Br2N3O3/c20-13-1-4-16(5-2-13)26-11-15-10-24(23-22-15)9-12-7-19(25)27-18-6-3-14(21)8-17(12)18/h1-8,10H,9,11H2. The van der Waals surface area contributed by atoms with Crippen LogP contribution in [0, 0.1) is 0 Å². The Morgan fingerprint density at radius 2 is 1.81 bits per heavy atom. The zero-order valence-electron chi connectivity index (χ0n) is 13.9. The maximum absolute atomic E-state index is 11.8. The SMILES string of the molecule is O=c1cc(Cn2cc(COc3ccc(Br)cc3)nn2)c2cc(Br)ccc2o1. The van der Waals surface area contributed by atoms with Crippen LogP contribution in [-0.4, -0.2) is 15.0 Å². The summed E-state index contributed by atoms with van der Waals surface area (Å²) in [5.41, 5.74) is 1.66. The van der Waals surface area contributed by atoms with Gasteiger partial charge < -0.3 is 9.15 Å². The van der Waals surface area contributed by atoms with Crippen molar-refractivity contribution in [1.29, 1.82) is 0 Å². The van der Waals surface area contributed by atoms with Crippen LogP contribution in [0.25, 0.3) is 11.0 Å². The van der Waals surface area contributed by atoms with Gasteiger partial charge in [0.25, 0.3) is 0 Å². The van der Waals surface area contributed by atoms with E-state index in [-0.39, 0.29) is 0 Å². The highest BCUT2D eigenvalue weighted by molar-refractivity contribution is 9.10. The highest BCUT2D eigenvalue weighted by Gasteiger charge is 2.09. The monoisotopic (exact) mass is 489 g/mol. The van der Waals surface area contributed by atoms with E-state index in [0.717, 1.165) is 25.6 Å². The lowest BCUT2D eigenvalue weighted by atomic mass is 10.1. The van der Waals surface area contributed by atoms with Crippen LogP contribution in [0.1, 0.15) is 11.3 Å². The van der Waals surface area contributed by atoms with Crippen molar-refractivity contribution in [2.45, 2.75) is 13.2 Å². The van der Waals surface area contributed by atoms with Crippen LogP contribution in [-0.2, 0) is 13.2 Å². The summed E-state index contributed by atoms with van der Waals surface area (Å²) in [6.45, 7) is 0.717. The first-order chi connectivity index (χ1) is 13.1. The van der Waals surface area contributed by atoms with Crippen LogP contribution < -0.4 is 10.4 Å². The summed E-state index contributed by atoms with van der Waals surface area (Å²) < 4.78 is 14.5. The largest absolute Gasteiger partial charge is 0.487 e. The van der Waals surface area contributed by atoms with Crippen molar-refractivity contribution in [3.05, 3.63) is 85.4 Å². The first-order valence-electron chi connectivity index (χ1n) is 8.06. The van der Waals surface area contributed by atoms with E-state index >= 15 is 0 Å². The summed E-state index contributed by atoms with van der Waals surface area (Å²) in [5.74, 6) is 0.754. The highest BCUT2D eigenvalue weighted by Crippen LogP contribution is 2.22. The normalized spacial score (nSPS) is 11.0. The average molecular weight is 491 g/mol. The van der Waals surface area contributed by atoms with Gasteiger partial charge in [-0.3, -0.25) is 0 Å². The van der Waals surface area contributed by atoms with Crippen molar-refractivity contribution < 1.29 is 9.15 Å². The summed E-state index contributed by atoms with van der Waals surface area (Å²) in [7, 11) is 0. The van der Waals surface area contributed by atoms with Gasteiger partial charge in [0.15, 0.2) is 0 Å². The van der Waals surface area contributed by atoms with Crippen LogP contribution in [0.3, 0.4) is 0 Å². The molecule has 0 bridgehead atoms. The number of fused-ring (bicyclic) bond motifs is 1. The third-order valence-corrected chi connectivity index (χ3v) is 4.93. The van der Waals surface area contributed by atoms with E-state index in [0.29, 0.717) is 24.4 Å². The molecule has 0 aliphatic heterocycles. The van der Waals surface area contributed by atoms with Gasteiger partial charge >= 0.3 is 5.63 Å². The van der Waals surface area contributed by atoms with E-state index in [9.17, 15) is 4.79 Å². The van der Waals surface area contributed by atoms with Gasteiger partial charge in [-0.1, -0.05) is 37.1 Å². The Morgan fingerprint density at radius 3 is 2.63 bits per heavy atom. The topological polar surface area (TPSA) is 70.2 Å². The smallest absolute Gasteiger partial charge is 0.336 e. The molecule has 0 saturated carbocycles. The Morgan fingerprint density at radius 1 is 1.04 bits per heavy atom. The lowest BCUT2D eigenvalue weighted by Crippen LogP contribution is -2.06. The number of hydrogen-bond donors (Lipinski definition) is 0. The molecule has 0 atom stereocenters. The molecule has 8 heteroatoms. The fraction of sp³-hybridized carbons (Fsp3) is 0.105. The molecule has 0 aliphatic carbocycles. The van der Waals surface area contributed by atoms with E-state index < -0.39 is 5.63 Å². The molecule has 6 nitrogen and oxygen atoms in total. The number of hydrogen-bond acceptors (Lipinski definition) is 5. The van der Waals surface area contributed by atoms with Crippen molar-refractivity contribution in [2.24, 2.45) is 0 Å². The van der Waals surface area contributed by atoms with Gasteiger partial charge in [-0.05, 0) is 48.0 Å². The van der Waals surface area contributed by atoms with Crippen molar-refractivity contribution in [1.82, 2.24) is 15.0 Å². The molecule has 2 heterocycles. The molecule has 4 aromatic rings. The van der Waals surface area contributed by atoms with Gasteiger partial charge in [-0.15, -0.1) is 5.10 Å². The highest BCUT2D eigenvalue weighted by atomic mass is 79.9. The van der Waals surface area contributed by atoms with Crippen LogP contribution in [0.15, 0.2) is 72.9 Å². The lowest BCUT2D eigenvalue weighted by Gasteiger charge is -2.05. The number of aromatic nitrogens is 3. The summed E-state index contributed by atoms with van der Waals surface area (Å²) >= 11 is 6.84. The van der Waals surface area contributed by atoms with Crippen LogP contribution >= 0.6 is 31.9 Å². The molecule has 4 rings (SSSR count). The molecule has 2 aromatic heterocycles. The fourth-order valence-electron chi connectivity index (χ4n) is 2.68. The molecule has 136 valence electrons. The second-order valence-electron chi connectivity index (χ2n) is 5.88. The number of ether oxygens (including phenoxy) is 1. The van der Waals surface area contributed by atoms with E-state index in [1.165, 1.54) is 6.07 Å². The summed E-state index contributed by atoms with van der Waals surface area (Å²) in [6, 6.07) is 14.6. The zero-order valence-corrected chi connectivity index (χ0v) is 17.1. The average Bonchev–Trinajstić information content (AvgIpc) is 3.09. The van der Waals surface area contributed by atoms with Gasteiger partial charge in [-0.25, -0.2) is 9.48 Å². The Labute approximate surface area is 171 Å². The maximum atomic E-state index is 11.8. The minimum absolute atomic E-state index is 0.310. The third-order valence-electron chi connectivity index (χ3n) is 3.91. The van der Waals surface area contributed by atoms with Gasteiger partial charge in [0.05, 0.1) is 12.7 Å². The van der Waals surface area contributed by atoms with Gasteiger partial charge in [-0.2, -0.15) is 0 Å². The molecule has 27 heavy (non-hydrogen) atoms. The van der Waals surface area contributed by atoms with Crippen molar-refractivity contribution >= 4 is 42.8 Å². The predicted molar refractivity (Wildman–Crippen MR) is 108 cm³/mol. The predicted octanol–water partition coefficient (Wildman–Crippen LogP) is 4.54. The second-order valence-corrected chi connectivity index (χ2v) is 7.71. The molecule has 0 fully saturated rings. The summed E-state index contributed by atoms with van der Waals surface area (Å²) in [4.78, 5) is 11.8. The maximum Gasteiger partial charge on any atom is 0.336 e. The third kappa shape index (κ3) is 4.28. The van der Waals surface area contributed by atoms with Crippen molar-refractivity contribution in [2.75, 3.05) is 0 Å². The van der Waals surface area contributed by atoms with Crippen molar-refractivity contribution in [3.63, 3.8) is 0 Å². The molecule has 0 spiro atoms. The molecular weight excluding hydrogens is 478 g/mol. The summed E-state index contributed by atoms with van der Waals surface area (Å²) in [5, 5.41) is 9.12. The Hall–Kier alpha value is -2.45. The Bertz CT molecular complexity index is 1150. The van der Waals surface area contributed by atoms with Crippen LogP contribution in [0.5, 0.6) is 5.75 Å². The first kappa shape index (κ1) is 17.9. The van der Waals surface area contributed by atoms with E-state index in [4.69, 9.17) is 9.15 Å². The number of nitrogens with zero attached hydrogens (tertiary/aromatic N) is 3. The Kier molecular flexibility index (Phi) is 5.09. The second kappa shape index (κ2) is 7.66. The molecule has 0 radical (unpaired) electrons. The molecular formula is C19H13Br2N3O3. The molecule has 0 saturated heterocycles. The molecule has 2 aromatic carbocycles. The molecule has 0 amide bonds. The summed E-state index contributed by atoms with van der Waals surface area (Å²) in [6.07, 6.45) is 1.80. The van der Waals surface area contributed by atoms with Gasteiger partial charge in [0.1, 0.15) is 23.6 Å². The number of halogens is 2. The lowest BCUT2D eigenvalue weighted by molar-refractivity contribution is 0.301. The van der Waals surface area contributed by atoms with E-state index in [2.05, 4.69) is 42.2 Å². The van der Waals surface area contributed by atoms with E-state index in [1.807, 2.05) is 36.4 Å². The quantitative estimate of drug-likeness (QED) is 0.384. The number of rotatable bonds is 5. The number of benzene rings is 2. The van der Waals surface area contributed by atoms with Crippen LogP contribution in [0.2, 0.25) is 0 Å². The first-order valence-corrected chi connectivity index (χ1v) is 9.65. The molecule has 0 N–H and O–H groups in total. The zero-order chi connectivity index (χ0) is 18.8. The fourth-order valence-corrected chi connectivity index (χ4v) is 3.30. The minimum Gasteiger partial charge on any atom is -0.487 e. The van der Waals surface area contributed by atoms with Crippen LogP contribution in [0.4, 0.5) is 0 Å². The Balaban J connectivity index is 1.52.